The molecule has 11 heteroatoms. The first-order valence-electron chi connectivity index (χ1n) is 9.44. The molecule has 3 aromatic heterocycles. The Bertz CT molecular complexity index is 1290. The Balaban J connectivity index is 1.61. The number of aliphatic hydroxyl groups is 1. The summed E-state index contributed by atoms with van der Waals surface area (Å²) in [7, 11) is 1.51. The third-order valence-corrected chi connectivity index (χ3v) is 4.91. The van der Waals surface area contributed by atoms with E-state index < -0.39 is 17.4 Å². The van der Waals surface area contributed by atoms with Gasteiger partial charge in [-0.1, -0.05) is 11.6 Å². The summed E-state index contributed by atoms with van der Waals surface area (Å²) in [6, 6.07) is 10.3. The third-order valence-electron chi connectivity index (χ3n) is 4.66. The molecule has 0 amide bonds. The molecule has 0 saturated carbocycles. The lowest BCUT2D eigenvalue weighted by molar-refractivity contribution is 0.0938. The second-order valence-electron chi connectivity index (χ2n) is 6.89. The summed E-state index contributed by atoms with van der Waals surface area (Å²) >= 11 is 5.86. The molecule has 4 rings (SSSR count). The molecule has 3 heterocycles. The summed E-state index contributed by atoms with van der Waals surface area (Å²) in [5.41, 5.74) is -0.815. The Labute approximate surface area is 180 Å². The second-order valence-corrected chi connectivity index (χ2v) is 7.32. The molecule has 0 aliphatic rings. The van der Waals surface area contributed by atoms with Crippen molar-refractivity contribution >= 4 is 28.7 Å². The van der Waals surface area contributed by atoms with Crippen LogP contribution < -0.4 is 21.3 Å². The highest BCUT2D eigenvalue weighted by molar-refractivity contribution is 6.30. The van der Waals surface area contributed by atoms with Gasteiger partial charge in [-0.2, -0.15) is 4.98 Å². The van der Waals surface area contributed by atoms with Gasteiger partial charge in [0, 0.05) is 12.1 Å². The lowest BCUT2D eigenvalue weighted by atomic mass is 10.3. The third kappa shape index (κ3) is 4.49. The van der Waals surface area contributed by atoms with Crippen molar-refractivity contribution in [3.8, 4) is 5.75 Å². The highest BCUT2D eigenvalue weighted by Crippen LogP contribution is 2.19. The Morgan fingerprint density at radius 3 is 2.77 bits per heavy atom. The maximum absolute atomic E-state index is 12.5. The van der Waals surface area contributed by atoms with E-state index in [1.807, 2.05) is 0 Å². The summed E-state index contributed by atoms with van der Waals surface area (Å²) < 4.78 is 13.7. The molecule has 3 N–H and O–H groups in total. The predicted molar refractivity (Wildman–Crippen MR) is 115 cm³/mol. The number of fused-ring (bicyclic) bond motifs is 1. The van der Waals surface area contributed by atoms with Gasteiger partial charge in [0.15, 0.2) is 11.2 Å². The fraction of sp³-hybridized carbons (Fsp3) is 0.250. The van der Waals surface area contributed by atoms with Crippen LogP contribution >= 0.6 is 11.6 Å². The van der Waals surface area contributed by atoms with E-state index in [2.05, 4.69) is 15.3 Å². The summed E-state index contributed by atoms with van der Waals surface area (Å²) in [6.45, 7) is 0.286. The number of aryl methyl sites for hydroxylation is 1. The van der Waals surface area contributed by atoms with Gasteiger partial charge >= 0.3 is 5.69 Å². The molecule has 1 aromatic carbocycles. The van der Waals surface area contributed by atoms with E-state index in [0.717, 1.165) is 0 Å². The number of H-pyrrole nitrogens is 1. The molecule has 4 aromatic rings. The number of hydrogen-bond donors (Lipinski definition) is 3. The van der Waals surface area contributed by atoms with Crippen LogP contribution in [0.2, 0.25) is 5.02 Å². The Morgan fingerprint density at radius 1 is 1.29 bits per heavy atom. The van der Waals surface area contributed by atoms with Gasteiger partial charge < -0.3 is 24.1 Å². The van der Waals surface area contributed by atoms with Gasteiger partial charge in [-0.25, -0.2) is 4.79 Å². The standard InChI is InChI=1S/C20H20ClN5O5/c1-25-17-16(18(28)24-20(25)29)26(19(23-17)22-9-15-3-2-8-30-15)10-13(27)11-31-14-6-4-12(21)5-7-14/h2-8,13,27H,9-11H2,1H3,(H,22,23)(H,24,28,29)/t13-/m0/s1. The zero-order valence-corrected chi connectivity index (χ0v) is 17.3. The number of imidazole rings is 1. The second kappa shape index (κ2) is 8.70. The van der Waals surface area contributed by atoms with E-state index in [9.17, 15) is 14.7 Å². The lowest BCUT2D eigenvalue weighted by Gasteiger charge is -2.15. The van der Waals surface area contributed by atoms with Crippen molar-refractivity contribution in [1.29, 1.82) is 0 Å². The largest absolute Gasteiger partial charge is 0.491 e. The highest BCUT2D eigenvalue weighted by atomic mass is 35.5. The van der Waals surface area contributed by atoms with Crippen molar-refractivity contribution in [1.82, 2.24) is 19.1 Å². The number of aromatic nitrogens is 4. The van der Waals surface area contributed by atoms with Crippen LogP contribution in [0.3, 0.4) is 0 Å². The van der Waals surface area contributed by atoms with Gasteiger partial charge in [0.1, 0.15) is 24.2 Å². The summed E-state index contributed by atoms with van der Waals surface area (Å²) in [6.07, 6.45) is 0.584. The lowest BCUT2D eigenvalue weighted by Crippen LogP contribution is -2.30. The topological polar surface area (TPSA) is 127 Å². The minimum Gasteiger partial charge on any atom is -0.491 e. The monoisotopic (exact) mass is 445 g/mol. The molecule has 0 radical (unpaired) electrons. The van der Waals surface area contributed by atoms with Crippen LogP contribution in [0.5, 0.6) is 5.75 Å². The van der Waals surface area contributed by atoms with Crippen LogP contribution in [-0.2, 0) is 20.1 Å². The van der Waals surface area contributed by atoms with E-state index in [1.165, 1.54) is 16.2 Å². The number of halogens is 1. The molecule has 1 atom stereocenters. The molecule has 0 bridgehead atoms. The molecule has 0 fully saturated rings. The number of ether oxygens (including phenoxy) is 1. The van der Waals surface area contributed by atoms with Crippen LogP contribution in [-0.4, -0.2) is 36.9 Å². The number of rotatable bonds is 8. The van der Waals surface area contributed by atoms with E-state index in [1.54, 1.807) is 42.7 Å². The van der Waals surface area contributed by atoms with Gasteiger partial charge in [0.25, 0.3) is 5.56 Å². The Kier molecular flexibility index (Phi) is 5.83. The molecular weight excluding hydrogens is 426 g/mol. The van der Waals surface area contributed by atoms with Crippen LogP contribution in [0.1, 0.15) is 5.76 Å². The zero-order chi connectivity index (χ0) is 22.0. The van der Waals surface area contributed by atoms with E-state index >= 15 is 0 Å². The van der Waals surface area contributed by atoms with Crippen LogP contribution in [0, 0.1) is 0 Å². The number of aliphatic hydroxyl groups excluding tert-OH is 1. The van der Waals surface area contributed by atoms with Crippen LogP contribution in [0.4, 0.5) is 5.95 Å². The summed E-state index contributed by atoms with van der Waals surface area (Å²) in [5.74, 6) is 1.52. The summed E-state index contributed by atoms with van der Waals surface area (Å²) in [4.78, 5) is 31.1. The van der Waals surface area contributed by atoms with E-state index in [4.69, 9.17) is 20.8 Å². The number of aromatic amines is 1. The van der Waals surface area contributed by atoms with Gasteiger partial charge in [0.05, 0.1) is 19.4 Å². The van der Waals surface area contributed by atoms with Gasteiger partial charge in [-0.05, 0) is 36.4 Å². The normalized spacial score (nSPS) is 12.2. The molecule has 0 saturated heterocycles. The number of benzene rings is 1. The maximum Gasteiger partial charge on any atom is 0.329 e. The van der Waals surface area contributed by atoms with Crippen LogP contribution in [0.25, 0.3) is 11.2 Å². The smallest absolute Gasteiger partial charge is 0.329 e. The molecule has 0 unspecified atom stereocenters. The first-order valence-corrected chi connectivity index (χ1v) is 9.82. The first kappa shape index (κ1) is 20.8. The first-order chi connectivity index (χ1) is 14.9. The minimum atomic E-state index is -0.964. The fourth-order valence-corrected chi connectivity index (χ4v) is 3.24. The van der Waals surface area contributed by atoms with Crippen molar-refractivity contribution in [3.05, 3.63) is 74.3 Å². The van der Waals surface area contributed by atoms with E-state index in [-0.39, 0.29) is 24.3 Å². The van der Waals surface area contributed by atoms with Crippen molar-refractivity contribution in [3.63, 3.8) is 0 Å². The molecule has 31 heavy (non-hydrogen) atoms. The number of furan rings is 1. The number of nitrogens with one attached hydrogen (secondary N) is 2. The minimum absolute atomic E-state index is 0.00582. The molecule has 10 nitrogen and oxygen atoms in total. The van der Waals surface area contributed by atoms with Crippen molar-refractivity contribution in [2.45, 2.75) is 19.2 Å². The fourth-order valence-electron chi connectivity index (χ4n) is 3.11. The highest BCUT2D eigenvalue weighted by Gasteiger charge is 2.20. The van der Waals surface area contributed by atoms with Crippen molar-refractivity contribution in [2.24, 2.45) is 7.05 Å². The quantitative estimate of drug-likeness (QED) is 0.377. The molecule has 0 aliphatic carbocycles. The Hall–Kier alpha value is -3.50. The number of anilines is 1. The van der Waals surface area contributed by atoms with E-state index in [0.29, 0.717) is 29.0 Å². The molecular formula is C20H20ClN5O5. The predicted octanol–water partition coefficient (Wildman–Crippen LogP) is 1.72. The SMILES string of the molecule is Cn1c(=O)[nH]c(=O)c2c1nc(NCc1ccco1)n2C[C@H](O)COc1ccc(Cl)cc1. The molecule has 0 spiro atoms. The number of nitrogens with zero attached hydrogens (tertiary/aromatic N) is 3. The summed E-state index contributed by atoms with van der Waals surface area (Å²) in [5, 5.41) is 14.2. The van der Waals surface area contributed by atoms with Crippen molar-refractivity contribution < 1.29 is 14.3 Å². The van der Waals surface area contributed by atoms with Crippen molar-refractivity contribution in [2.75, 3.05) is 11.9 Å². The van der Waals surface area contributed by atoms with Gasteiger partial charge in [0.2, 0.25) is 5.95 Å². The zero-order valence-electron chi connectivity index (χ0n) is 16.5. The molecule has 0 aliphatic heterocycles. The average molecular weight is 446 g/mol. The number of hydrogen-bond acceptors (Lipinski definition) is 7. The van der Waals surface area contributed by atoms with Crippen LogP contribution in [0.15, 0.2) is 56.7 Å². The molecule has 162 valence electrons. The van der Waals surface area contributed by atoms with Gasteiger partial charge in [-0.3, -0.25) is 14.3 Å². The van der Waals surface area contributed by atoms with Gasteiger partial charge in [-0.15, -0.1) is 0 Å². The average Bonchev–Trinajstić information content (AvgIpc) is 3.38. The maximum atomic E-state index is 12.5. The Morgan fingerprint density at radius 2 is 2.06 bits per heavy atom.